The molecule has 0 saturated carbocycles. The van der Waals surface area contributed by atoms with Gasteiger partial charge in [-0.05, 0) is 6.92 Å². The molecule has 0 radical (unpaired) electrons. The molecule has 4 unspecified atom stereocenters. The Labute approximate surface area is 103 Å². The van der Waals surface area contributed by atoms with Gasteiger partial charge in [0.2, 0.25) is 5.91 Å². The van der Waals surface area contributed by atoms with Crippen LogP contribution < -0.4 is 5.73 Å². The number of nitrogens with two attached hydrogens (primary N) is 1. The smallest absolute Gasteiger partial charge is 0.303 e. The standard InChI is InChI=1S/C10H14N2O4S/c1-4(13)6-3-17-10-5(2-7(14)15)8(11)9(16)12(6)10/h5-6,8,10H,2-3,11H2,1H3,(H,14,15). The molecule has 3 N–H and O–H groups in total. The number of aliphatic carboxylic acids is 1. The Hall–Kier alpha value is -1.08. The number of Topliss-reactive ketones (excluding diaryl/α,β-unsaturated/α-hetero) is 1. The van der Waals surface area contributed by atoms with Gasteiger partial charge in [0.05, 0.1) is 17.8 Å². The minimum atomic E-state index is -0.966. The maximum Gasteiger partial charge on any atom is 0.303 e. The lowest BCUT2D eigenvalue weighted by atomic mass is 10.0. The van der Waals surface area contributed by atoms with Crippen LogP contribution in [-0.4, -0.2) is 50.9 Å². The molecule has 2 fully saturated rings. The third-order valence-electron chi connectivity index (χ3n) is 3.28. The quantitative estimate of drug-likeness (QED) is 0.692. The average molecular weight is 258 g/mol. The van der Waals surface area contributed by atoms with E-state index in [9.17, 15) is 14.4 Å². The zero-order valence-corrected chi connectivity index (χ0v) is 10.1. The van der Waals surface area contributed by atoms with Crippen molar-refractivity contribution in [3.63, 3.8) is 0 Å². The van der Waals surface area contributed by atoms with E-state index in [2.05, 4.69) is 0 Å². The summed E-state index contributed by atoms with van der Waals surface area (Å²) in [5.74, 6) is -1.21. The van der Waals surface area contributed by atoms with Crippen LogP contribution in [0.2, 0.25) is 0 Å². The van der Waals surface area contributed by atoms with Crippen molar-refractivity contribution in [2.45, 2.75) is 30.8 Å². The van der Waals surface area contributed by atoms with E-state index < -0.39 is 24.0 Å². The van der Waals surface area contributed by atoms with Gasteiger partial charge in [-0.15, -0.1) is 11.8 Å². The van der Waals surface area contributed by atoms with Gasteiger partial charge >= 0.3 is 5.97 Å². The van der Waals surface area contributed by atoms with Crippen LogP contribution >= 0.6 is 11.8 Å². The lowest BCUT2D eigenvalue weighted by Crippen LogP contribution is -2.43. The Balaban J connectivity index is 2.23. The van der Waals surface area contributed by atoms with E-state index in [4.69, 9.17) is 10.8 Å². The fourth-order valence-corrected chi connectivity index (χ4v) is 4.11. The highest BCUT2D eigenvalue weighted by Crippen LogP contribution is 2.42. The number of hydrogen-bond donors (Lipinski definition) is 2. The van der Waals surface area contributed by atoms with Crippen molar-refractivity contribution < 1.29 is 19.5 Å². The summed E-state index contributed by atoms with van der Waals surface area (Å²) < 4.78 is 0. The maximum absolute atomic E-state index is 11.9. The summed E-state index contributed by atoms with van der Waals surface area (Å²) in [6.45, 7) is 1.44. The summed E-state index contributed by atoms with van der Waals surface area (Å²) in [4.78, 5) is 35.6. The monoisotopic (exact) mass is 258 g/mol. The Morgan fingerprint density at radius 1 is 1.59 bits per heavy atom. The van der Waals surface area contributed by atoms with Crippen LogP contribution in [0.3, 0.4) is 0 Å². The van der Waals surface area contributed by atoms with Gasteiger partial charge in [-0.2, -0.15) is 0 Å². The van der Waals surface area contributed by atoms with Gasteiger partial charge in [-0.25, -0.2) is 0 Å². The molecule has 2 aliphatic heterocycles. The SMILES string of the molecule is CC(=O)C1CSC2C(CC(=O)O)C(N)C(=O)N12. The number of amides is 1. The van der Waals surface area contributed by atoms with Crippen molar-refractivity contribution in [1.29, 1.82) is 0 Å². The van der Waals surface area contributed by atoms with Crippen molar-refractivity contribution in [2.75, 3.05) is 5.75 Å². The van der Waals surface area contributed by atoms with E-state index in [1.165, 1.54) is 23.6 Å². The molecule has 0 aromatic heterocycles. The first-order valence-electron chi connectivity index (χ1n) is 5.35. The number of hydrogen-bond acceptors (Lipinski definition) is 5. The number of fused-ring (bicyclic) bond motifs is 1. The molecule has 0 spiro atoms. The number of thioether (sulfide) groups is 1. The summed E-state index contributed by atoms with van der Waals surface area (Å²) in [6, 6.07) is -1.24. The van der Waals surface area contributed by atoms with E-state index in [0.717, 1.165) is 0 Å². The van der Waals surface area contributed by atoms with Crippen LogP contribution in [0.4, 0.5) is 0 Å². The lowest BCUT2D eigenvalue weighted by molar-refractivity contribution is -0.138. The zero-order valence-electron chi connectivity index (χ0n) is 9.33. The largest absolute Gasteiger partial charge is 0.481 e. The van der Waals surface area contributed by atoms with Gasteiger partial charge in [0.25, 0.3) is 0 Å². The molecule has 2 aliphatic rings. The highest BCUT2D eigenvalue weighted by atomic mass is 32.2. The molecular weight excluding hydrogens is 244 g/mol. The molecule has 7 heteroatoms. The Morgan fingerprint density at radius 3 is 2.76 bits per heavy atom. The number of carboxylic acids is 1. The molecule has 0 bridgehead atoms. The van der Waals surface area contributed by atoms with Crippen molar-refractivity contribution in [3.8, 4) is 0 Å². The molecule has 6 nitrogen and oxygen atoms in total. The summed E-state index contributed by atoms with van der Waals surface area (Å²) >= 11 is 1.45. The molecule has 1 amide bonds. The van der Waals surface area contributed by atoms with E-state index in [0.29, 0.717) is 5.75 Å². The Kier molecular flexibility index (Phi) is 3.13. The number of carbonyl (C=O) groups excluding carboxylic acids is 2. The minimum Gasteiger partial charge on any atom is -0.481 e. The molecule has 2 heterocycles. The predicted molar refractivity (Wildman–Crippen MR) is 61.3 cm³/mol. The maximum atomic E-state index is 11.9. The van der Waals surface area contributed by atoms with Crippen molar-refractivity contribution in [2.24, 2.45) is 11.7 Å². The van der Waals surface area contributed by atoms with Gasteiger partial charge in [0.15, 0.2) is 5.78 Å². The van der Waals surface area contributed by atoms with Crippen LogP contribution in [0, 0.1) is 5.92 Å². The molecule has 0 aliphatic carbocycles. The predicted octanol–water partition coefficient (Wildman–Crippen LogP) is -0.723. The van der Waals surface area contributed by atoms with Crippen LogP contribution in [0.25, 0.3) is 0 Å². The average Bonchev–Trinajstić information content (AvgIpc) is 2.74. The second kappa shape index (κ2) is 4.30. The molecule has 2 rings (SSSR count). The van der Waals surface area contributed by atoms with Crippen LogP contribution in [0.5, 0.6) is 0 Å². The molecule has 0 aromatic rings. The summed E-state index contributed by atoms with van der Waals surface area (Å²) in [5.41, 5.74) is 5.74. The topological polar surface area (TPSA) is 101 Å². The molecule has 2 saturated heterocycles. The first kappa shape index (κ1) is 12.4. The van der Waals surface area contributed by atoms with Crippen molar-refractivity contribution in [1.82, 2.24) is 4.90 Å². The zero-order chi connectivity index (χ0) is 12.7. The van der Waals surface area contributed by atoms with Gasteiger partial charge in [-0.3, -0.25) is 14.4 Å². The molecule has 0 aromatic carbocycles. The van der Waals surface area contributed by atoms with E-state index in [-0.39, 0.29) is 23.5 Å². The fraction of sp³-hybridized carbons (Fsp3) is 0.700. The van der Waals surface area contributed by atoms with Gasteiger partial charge in [0, 0.05) is 11.7 Å². The van der Waals surface area contributed by atoms with Crippen LogP contribution in [0.15, 0.2) is 0 Å². The highest BCUT2D eigenvalue weighted by Gasteiger charge is 2.54. The van der Waals surface area contributed by atoms with Gasteiger partial charge in [0.1, 0.15) is 6.04 Å². The van der Waals surface area contributed by atoms with Crippen LogP contribution in [0.1, 0.15) is 13.3 Å². The first-order chi connectivity index (χ1) is 7.93. The van der Waals surface area contributed by atoms with E-state index in [1.807, 2.05) is 0 Å². The normalized spacial score (nSPS) is 36.1. The summed E-state index contributed by atoms with van der Waals surface area (Å²) in [6.07, 6.45) is -0.133. The number of rotatable bonds is 3. The molecule has 4 atom stereocenters. The highest BCUT2D eigenvalue weighted by molar-refractivity contribution is 8.00. The third-order valence-corrected chi connectivity index (χ3v) is 4.71. The number of carboxylic acid groups (broad SMARTS) is 1. The van der Waals surface area contributed by atoms with Gasteiger partial charge in [-0.1, -0.05) is 0 Å². The number of nitrogens with zero attached hydrogens (tertiary/aromatic N) is 1. The Morgan fingerprint density at radius 2 is 2.24 bits per heavy atom. The molecule has 17 heavy (non-hydrogen) atoms. The lowest BCUT2D eigenvalue weighted by Gasteiger charge is -2.22. The Bertz CT molecular complexity index is 387. The number of carbonyl (C=O) groups is 3. The molecular formula is C10H14N2O4S. The van der Waals surface area contributed by atoms with Crippen LogP contribution in [-0.2, 0) is 14.4 Å². The first-order valence-corrected chi connectivity index (χ1v) is 6.40. The second-order valence-corrected chi connectivity index (χ2v) is 5.53. The second-order valence-electron chi connectivity index (χ2n) is 4.38. The van der Waals surface area contributed by atoms with Crippen molar-refractivity contribution >= 4 is 29.4 Å². The summed E-state index contributed by atoms with van der Waals surface area (Å²) in [7, 11) is 0. The molecule has 94 valence electrons. The third kappa shape index (κ3) is 1.93. The van der Waals surface area contributed by atoms with Gasteiger partial charge < -0.3 is 15.7 Å². The fourth-order valence-electron chi connectivity index (χ4n) is 2.41. The summed E-state index contributed by atoms with van der Waals surface area (Å²) in [5, 5.41) is 8.55. The minimum absolute atomic E-state index is 0.0727. The number of ketones is 1. The van der Waals surface area contributed by atoms with E-state index >= 15 is 0 Å². The van der Waals surface area contributed by atoms with Crippen molar-refractivity contribution in [3.05, 3.63) is 0 Å². The van der Waals surface area contributed by atoms with E-state index in [1.54, 1.807) is 0 Å².